The first-order chi connectivity index (χ1) is 17.9. The molecular formula is C25H21ClN6O4S. The fourth-order valence-corrected chi connectivity index (χ4v) is 4.24. The third-order valence-corrected chi connectivity index (χ3v) is 6.42. The zero-order valence-corrected chi connectivity index (χ0v) is 21.4. The van der Waals surface area contributed by atoms with Crippen molar-refractivity contribution in [3.05, 3.63) is 93.0 Å². The first-order valence-electron chi connectivity index (χ1n) is 10.9. The van der Waals surface area contributed by atoms with Gasteiger partial charge in [0, 0.05) is 22.9 Å². The number of hydrogen-bond donors (Lipinski definition) is 1. The zero-order valence-electron chi connectivity index (χ0n) is 19.8. The third kappa shape index (κ3) is 6.32. The number of hydrogen-bond acceptors (Lipinski definition) is 8. The average Bonchev–Trinajstić information content (AvgIpc) is 3.32. The number of nitro benzene ring substituents is 1. The first-order valence-corrected chi connectivity index (χ1v) is 12.3. The lowest BCUT2D eigenvalue weighted by Gasteiger charge is -2.11. The molecule has 12 heteroatoms. The normalized spacial score (nSPS) is 11.0. The minimum atomic E-state index is -0.584. The van der Waals surface area contributed by atoms with E-state index in [0.29, 0.717) is 16.5 Å². The van der Waals surface area contributed by atoms with Crippen LogP contribution in [-0.2, 0) is 4.79 Å². The second-order valence-electron chi connectivity index (χ2n) is 7.76. The summed E-state index contributed by atoms with van der Waals surface area (Å²) in [6.07, 6.45) is 1.31. The zero-order chi connectivity index (χ0) is 26.4. The maximum absolute atomic E-state index is 12.4. The molecular weight excluding hydrogens is 516 g/mol. The van der Waals surface area contributed by atoms with E-state index in [0.717, 1.165) is 22.6 Å². The minimum absolute atomic E-state index is 0.0186. The van der Waals surface area contributed by atoms with Crippen LogP contribution < -0.4 is 10.2 Å². The monoisotopic (exact) mass is 536 g/mol. The van der Waals surface area contributed by atoms with Gasteiger partial charge in [0.25, 0.3) is 11.6 Å². The summed E-state index contributed by atoms with van der Waals surface area (Å²) in [6.45, 7) is 2.00. The molecule has 0 atom stereocenters. The number of nitro groups is 1. The van der Waals surface area contributed by atoms with E-state index in [4.69, 9.17) is 16.3 Å². The van der Waals surface area contributed by atoms with E-state index < -0.39 is 4.92 Å². The predicted molar refractivity (Wildman–Crippen MR) is 143 cm³/mol. The highest BCUT2D eigenvalue weighted by Gasteiger charge is 2.17. The van der Waals surface area contributed by atoms with Crippen LogP contribution in [0.1, 0.15) is 11.1 Å². The average molecular weight is 537 g/mol. The van der Waals surface area contributed by atoms with E-state index in [1.54, 1.807) is 13.2 Å². The number of hydrazone groups is 1. The highest BCUT2D eigenvalue weighted by Crippen LogP contribution is 2.29. The number of amides is 1. The Balaban J connectivity index is 1.49. The number of rotatable bonds is 9. The van der Waals surface area contributed by atoms with Crippen LogP contribution in [0.3, 0.4) is 0 Å². The smallest absolute Gasteiger partial charge is 0.288 e. The van der Waals surface area contributed by atoms with Crippen LogP contribution in [-0.4, -0.2) is 44.7 Å². The Morgan fingerprint density at radius 1 is 1.16 bits per heavy atom. The van der Waals surface area contributed by atoms with Crippen LogP contribution in [0.25, 0.3) is 17.1 Å². The molecule has 1 aromatic heterocycles. The van der Waals surface area contributed by atoms with E-state index in [1.807, 2.05) is 60.0 Å². The van der Waals surface area contributed by atoms with Crippen molar-refractivity contribution in [2.45, 2.75) is 12.1 Å². The summed E-state index contributed by atoms with van der Waals surface area (Å²) < 4.78 is 7.13. The van der Waals surface area contributed by atoms with E-state index in [9.17, 15) is 14.9 Å². The molecule has 0 fully saturated rings. The van der Waals surface area contributed by atoms with Crippen molar-refractivity contribution in [1.29, 1.82) is 0 Å². The minimum Gasteiger partial charge on any atom is -0.497 e. The molecule has 1 heterocycles. The van der Waals surface area contributed by atoms with Crippen molar-refractivity contribution in [3.8, 4) is 22.8 Å². The van der Waals surface area contributed by atoms with Gasteiger partial charge < -0.3 is 4.74 Å². The number of nitrogens with zero attached hydrogens (tertiary/aromatic N) is 5. The third-order valence-electron chi connectivity index (χ3n) is 5.18. The second-order valence-corrected chi connectivity index (χ2v) is 9.11. The largest absolute Gasteiger partial charge is 0.497 e. The number of thioether (sulfide) groups is 1. The quantitative estimate of drug-likeness (QED) is 0.137. The summed E-state index contributed by atoms with van der Waals surface area (Å²) in [5.41, 5.74) is 5.41. The standard InChI is InChI=1S/C25H21ClN6O4S/c1-16-3-8-19(9-4-16)31-24(18-6-10-20(36-2)11-7-18)29-30-25(31)37-15-23(33)28-27-14-17-5-12-21(26)22(13-17)32(34)35/h3-14H,15H2,1-2H3,(H,28,33). The highest BCUT2D eigenvalue weighted by molar-refractivity contribution is 7.99. The molecule has 0 aliphatic carbocycles. The molecule has 0 saturated heterocycles. The fourth-order valence-electron chi connectivity index (χ4n) is 3.31. The molecule has 4 rings (SSSR count). The van der Waals surface area contributed by atoms with Crippen LogP contribution in [0.2, 0.25) is 5.02 Å². The van der Waals surface area contributed by atoms with Crippen LogP contribution >= 0.6 is 23.4 Å². The molecule has 0 unspecified atom stereocenters. The van der Waals surface area contributed by atoms with Gasteiger partial charge in [-0.3, -0.25) is 19.5 Å². The van der Waals surface area contributed by atoms with Crippen molar-refractivity contribution in [3.63, 3.8) is 0 Å². The van der Waals surface area contributed by atoms with E-state index in [2.05, 4.69) is 20.7 Å². The molecule has 0 radical (unpaired) electrons. The molecule has 0 aliphatic rings. The van der Waals surface area contributed by atoms with Gasteiger partial charge in [-0.1, -0.05) is 47.1 Å². The van der Waals surface area contributed by atoms with Gasteiger partial charge >= 0.3 is 0 Å². The van der Waals surface area contributed by atoms with Crippen molar-refractivity contribution in [2.24, 2.45) is 5.10 Å². The maximum atomic E-state index is 12.4. The summed E-state index contributed by atoms with van der Waals surface area (Å²) in [4.78, 5) is 22.9. The van der Waals surface area contributed by atoms with Gasteiger partial charge in [-0.05, 0) is 49.4 Å². The Morgan fingerprint density at radius 2 is 1.89 bits per heavy atom. The molecule has 3 aromatic carbocycles. The topological polar surface area (TPSA) is 125 Å². The van der Waals surface area contributed by atoms with E-state index in [-0.39, 0.29) is 22.4 Å². The molecule has 1 amide bonds. The Bertz CT molecular complexity index is 1460. The Labute approximate surface area is 221 Å². The van der Waals surface area contributed by atoms with Gasteiger partial charge in [0.15, 0.2) is 11.0 Å². The molecule has 37 heavy (non-hydrogen) atoms. The van der Waals surface area contributed by atoms with Crippen LogP contribution in [0.5, 0.6) is 5.75 Å². The van der Waals surface area contributed by atoms with Gasteiger partial charge in [-0.15, -0.1) is 10.2 Å². The second kappa shape index (κ2) is 11.7. The van der Waals surface area contributed by atoms with Gasteiger partial charge in [-0.25, -0.2) is 5.43 Å². The number of aromatic nitrogens is 3. The molecule has 188 valence electrons. The number of benzene rings is 3. The van der Waals surface area contributed by atoms with Crippen molar-refractivity contribution >= 4 is 41.2 Å². The number of nitrogens with one attached hydrogen (secondary N) is 1. The first kappa shape index (κ1) is 25.9. The number of carbonyl (C=O) groups is 1. The molecule has 4 aromatic rings. The number of aryl methyl sites for hydroxylation is 1. The number of methoxy groups -OCH3 is 1. The fraction of sp³-hybridized carbons (Fsp3) is 0.120. The number of carbonyl (C=O) groups excluding carboxylic acids is 1. The highest BCUT2D eigenvalue weighted by atomic mass is 35.5. The summed E-state index contributed by atoms with van der Waals surface area (Å²) in [7, 11) is 1.60. The summed E-state index contributed by atoms with van der Waals surface area (Å²) in [5, 5.41) is 24.2. The summed E-state index contributed by atoms with van der Waals surface area (Å²) in [6, 6.07) is 19.6. The van der Waals surface area contributed by atoms with Gasteiger partial charge in [-0.2, -0.15) is 5.10 Å². The van der Waals surface area contributed by atoms with Crippen molar-refractivity contribution in [1.82, 2.24) is 20.2 Å². The Hall–Kier alpha value is -4.22. The summed E-state index contributed by atoms with van der Waals surface area (Å²) >= 11 is 7.02. The van der Waals surface area contributed by atoms with Gasteiger partial charge in [0.2, 0.25) is 0 Å². The lowest BCUT2D eigenvalue weighted by molar-refractivity contribution is -0.384. The van der Waals surface area contributed by atoms with Crippen LogP contribution in [0.4, 0.5) is 5.69 Å². The molecule has 1 N–H and O–H groups in total. The Kier molecular flexibility index (Phi) is 8.16. The molecule has 10 nitrogen and oxygen atoms in total. The lowest BCUT2D eigenvalue weighted by Crippen LogP contribution is -2.20. The SMILES string of the molecule is COc1ccc(-c2nnc(SCC(=O)NN=Cc3ccc(Cl)c([N+](=O)[O-])c3)n2-c2ccc(C)cc2)cc1. The molecule has 0 aliphatic heterocycles. The molecule has 0 saturated carbocycles. The van der Waals surface area contributed by atoms with Crippen molar-refractivity contribution < 1.29 is 14.5 Å². The van der Waals surface area contributed by atoms with Gasteiger partial charge in [0.05, 0.1) is 24.0 Å². The maximum Gasteiger partial charge on any atom is 0.288 e. The molecule has 0 spiro atoms. The summed E-state index contributed by atoms with van der Waals surface area (Å²) in [5.74, 6) is 0.987. The van der Waals surface area contributed by atoms with E-state index >= 15 is 0 Å². The van der Waals surface area contributed by atoms with Gasteiger partial charge in [0.1, 0.15) is 10.8 Å². The predicted octanol–water partition coefficient (Wildman–Crippen LogP) is 5.06. The number of ether oxygens (including phenoxy) is 1. The lowest BCUT2D eigenvalue weighted by atomic mass is 10.2. The van der Waals surface area contributed by atoms with Crippen LogP contribution in [0.15, 0.2) is 77.0 Å². The van der Waals surface area contributed by atoms with Crippen LogP contribution in [0, 0.1) is 17.0 Å². The number of halogens is 1. The Morgan fingerprint density at radius 3 is 2.57 bits per heavy atom. The molecule has 0 bridgehead atoms. The van der Waals surface area contributed by atoms with E-state index in [1.165, 1.54) is 30.1 Å². The van der Waals surface area contributed by atoms with Crippen molar-refractivity contribution in [2.75, 3.05) is 12.9 Å².